The Balaban J connectivity index is 2.64. The predicted molar refractivity (Wildman–Crippen MR) is 53.8 cm³/mol. The molecule has 2 rings (SSSR count). The zero-order chi connectivity index (χ0) is 10.3. The molecule has 0 amide bonds. The van der Waals surface area contributed by atoms with Crippen LogP contribution in [0.25, 0.3) is 0 Å². The van der Waals surface area contributed by atoms with Crippen LogP contribution in [-0.4, -0.2) is 12.1 Å². The molecule has 72 valence electrons. The van der Waals surface area contributed by atoms with E-state index in [1.54, 1.807) is 12.1 Å². The van der Waals surface area contributed by atoms with Crippen molar-refractivity contribution in [2.75, 3.05) is 0 Å². The van der Waals surface area contributed by atoms with E-state index < -0.39 is 0 Å². The van der Waals surface area contributed by atoms with Gasteiger partial charge in [0.05, 0.1) is 0 Å². The molecule has 1 aliphatic carbocycles. The van der Waals surface area contributed by atoms with E-state index in [1.165, 1.54) is 0 Å². The van der Waals surface area contributed by atoms with Gasteiger partial charge in [-0.2, -0.15) is 0 Å². The SMILES string of the molecule is CC1(C)CC(=O)c2ccc(C=O)cc21. The van der Waals surface area contributed by atoms with Crippen molar-refractivity contribution in [1.29, 1.82) is 0 Å². The molecule has 0 aromatic heterocycles. The predicted octanol–water partition coefficient (Wildman–Crippen LogP) is 2.36. The third kappa shape index (κ3) is 1.18. The summed E-state index contributed by atoms with van der Waals surface area (Å²) in [6.07, 6.45) is 1.36. The summed E-state index contributed by atoms with van der Waals surface area (Å²) in [5, 5.41) is 0. The van der Waals surface area contributed by atoms with Crippen LogP contribution in [0.3, 0.4) is 0 Å². The first-order valence-electron chi connectivity index (χ1n) is 4.67. The van der Waals surface area contributed by atoms with E-state index in [0.29, 0.717) is 12.0 Å². The maximum Gasteiger partial charge on any atom is 0.164 e. The first kappa shape index (κ1) is 9.13. The Hall–Kier alpha value is -1.44. The van der Waals surface area contributed by atoms with Gasteiger partial charge < -0.3 is 0 Å². The Morgan fingerprint density at radius 2 is 2.07 bits per heavy atom. The second-order valence-corrected chi connectivity index (χ2v) is 4.41. The van der Waals surface area contributed by atoms with Crippen LogP contribution in [0.2, 0.25) is 0 Å². The van der Waals surface area contributed by atoms with Gasteiger partial charge in [-0.1, -0.05) is 26.0 Å². The highest BCUT2D eigenvalue weighted by atomic mass is 16.1. The monoisotopic (exact) mass is 188 g/mol. The summed E-state index contributed by atoms with van der Waals surface area (Å²) in [4.78, 5) is 22.2. The van der Waals surface area contributed by atoms with Crippen LogP contribution in [0.5, 0.6) is 0 Å². The van der Waals surface area contributed by atoms with Gasteiger partial charge in [0.15, 0.2) is 5.78 Å². The molecule has 0 saturated heterocycles. The second-order valence-electron chi connectivity index (χ2n) is 4.41. The first-order chi connectivity index (χ1) is 6.54. The molecule has 0 heterocycles. The lowest BCUT2D eigenvalue weighted by atomic mass is 9.86. The van der Waals surface area contributed by atoms with Crippen LogP contribution in [-0.2, 0) is 5.41 Å². The summed E-state index contributed by atoms with van der Waals surface area (Å²) in [5.41, 5.74) is 2.31. The van der Waals surface area contributed by atoms with Gasteiger partial charge in [0, 0.05) is 17.5 Å². The molecule has 0 N–H and O–H groups in total. The zero-order valence-electron chi connectivity index (χ0n) is 8.33. The van der Waals surface area contributed by atoms with Gasteiger partial charge in [0.2, 0.25) is 0 Å². The number of rotatable bonds is 1. The van der Waals surface area contributed by atoms with E-state index in [2.05, 4.69) is 0 Å². The molecular formula is C12H12O2. The van der Waals surface area contributed by atoms with Crippen LogP contribution in [0.1, 0.15) is 46.5 Å². The summed E-state index contributed by atoms with van der Waals surface area (Å²) in [6.45, 7) is 4.07. The molecule has 0 spiro atoms. The van der Waals surface area contributed by atoms with E-state index in [9.17, 15) is 9.59 Å². The molecule has 14 heavy (non-hydrogen) atoms. The van der Waals surface area contributed by atoms with Crippen molar-refractivity contribution in [3.8, 4) is 0 Å². The minimum absolute atomic E-state index is 0.120. The molecule has 1 aromatic rings. The molecule has 0 unspecified atom stereocenters. The number of fused-ring (bicyclic) bond motifs is 1. The quantitative estimate of drug-likeness (QED) is 0.634. The van der Waals surface area contributed by atoms with Gasteiger partial charge in [-0.15, -0.1) is 0 Å². The summed E-state index contributed by atoms with van der Waals surface area (Å²) in [7, 11) is 0. The van der Waals surface area contributed by atoms with E-state index >= 15 is 0 Å². The number of hydrogen-bond donors (Lipinski definition) is 0. The molecule has 0 aliphatic heterocycles. The number of aldehydes is 1. The summed E-state index contributed by atoms with van der Waals surface area (Å²) in [5.74, 6) is 0.183. The normalized spacial score (nSPS) is 18.0. The Morgan fingerprint density at radius 1 is 1.36 bits per heavy atom. The minimum Gasteiger partial charge on any atom is -0.298 e. The third-order valence-corrected chi connectivity index (χ3v) is 2.81. The van der Waals surface area contributed by atoms with E-state index in [-0.39, 0.29) is 11.2 Å². The topological polar surface area (TPSA) is 34.1 Å². The molecule has 1 aromatic carbocycles. The number of benzene rings is 1. The molecule has 0 atom stereocenters. The Bertz CT molecular complexity index is 416. The van der Waals surface area contributed by atoms with Gasteiger partial charge in [-0.05, 0) is 17.0 Å². The van der Waals surface area contributed by atoms with Gasteiger partial charge in [0.1, 0.15) is 6.29 Å². The lowest BCUT2D eigenvalue weighted by Crippen LogP contribution is -2.12. The van der Waals surface area contributed by atoms with Gasteiger partial charge in [-0.3, -0.25) is 9.59 Å². The van der Waals surface area contributed by atoms with Crippen LogP contribution < -0.4 is 0 Å². The van der Waals surface area contributed by atoms with E-state index in [1.807, 2.05) is 19.9 Å². The van der Waals surface area contributed by atoms with Gasteiger partial charge in [0.25, 0.3) is 0 Å². The van der Waals surface area contributed by atoms with Crippen molar-refractivity contribution in [2.24, 2.45) is 0 Å². The van der Waals surface area contributed by atoms with Crippen LogP contribution >= 0.6 is 0 Å². The number of ketones is 1. The standard InChI is InChI=1S/C12H12O2/c1-12(2)6-11(14)9-4-3-8(7-13)5-10(9)12/h3-5,7H,6H2,1-2H3. The van der Waals surface area contributed by atoms with Crippen LogP contribution in [0, 0.1) is 0 Å². The van der Waals surface area contributed by atoms with E-state index in [0.717, 1.165) is 17.4 Å². The summed E-state index contributed by atoms with van der Waals surface area (Å²) in [6, 6.07) is 5.29. The van der Waals surface area contributed by atoms with Crippen molar-refractivity contribution >= 4 is 12.1 Å². The first-order valence-corrected chi connectivity index (χ1v) is 4.67. The van der Waals surface area contributed by atoms with Crippen molar-refractivity contribution < 1.29 is 9.59 Å². The Kier molecular flexibility index (Phi) is 1.81. The van der Waals surface area contributed by atoms with E-state index in [4.69, 9.17) is 0 Å². The van der Waals surface area contributed by atoms with Crippen molar-refractivity contribution in [3.05, 3.63) is 34.9 Å². The molecule has 2 heteroatoms. The number of Topliss-reactive ketones (excluding diaryl/α,β-unsaturated/α-hetero) is 1. The van der Waals surface area contributed by atoms with Crippen molar-refractivity contribution in [2.45, 2.75) is 25.7 Å². The van der Waals surface area contributed by atoms with Gasteiger partial charge >= 0.3 is 0 Å². The Morgan fingerprint density at radius 3 is 2.71 bits per heavy atom. The molecule has 0 saturated carbocycles. The fraction of sp³-hybridized carbons (Fsp3) is 0.333. The smallest absolute Gasteiger partial charge is 0.164 e. The van der Waals surface area contributed by atoms with Crippen LogP contribution in [0.15, 0.2) is 18.2 Å². The second kappa shape index (κ2) is 2.77. The lowest BCUT2D eigenvalue weighted by molar-refractivity contribution is 0.0979. The summed E-state index contributed by atoms with van der Waals surface area (Å²) >= 11 is 0. The van der Waals surface area contributed by atoms with Gasteiger partial charge in [-0.25, -0.2) is 0 Å². The number of carbonyl (C=O) groups excluding carboxylic acids is 2. The van der Waals surface area contributed by atoms with Crippen LogP contribution in [0.4, 0.5) is 0 Å². The number of carbonyl (C=O) groups is 2. The molecule has 1 aliphatic rings. The minimum atomic E-state index is -0.120. The molecule has 0 bridgehead atoms. The largest absolute Gasteiger partial charge is 0.298 e. The zero-order valence-corrected chi connectivity index (χ0v) is 8.33. The highest BCUT2D eigenvalue weighted by molar-refractivity contribution is 6.02. The average Bonchev–Trinajstić information content (AvgIpc) is 2.37. The molecular weight excluding hydrogens is 176 g/mol. The molecule has 2 nitrogen and oxygen atoms in total. The van der Waals surface area contributed by atoms with Crippen molar-refractivity contribution in [1.82, 2.24) is 0 Å². The third-order valence-electron chi connectivity index (χ3n) is 2.81. The fourth-order valence-corrected chi connectivity index (χ4v) is 2.03. The number of hydrogen-bond acceptors (Lipinski definition) is 2. The summed E-state index contributed by atoms with van der Waals surface area (Å²) < 4.78 is 0. The fourth-order valence-electron chi connectivity index (χ4n) is 2.03. The maximum absolute atomic E-state index is 11.6. The lowest BCUT2D eigenvalue weighted by Gasteiger charge is -2.17. The maximum atomic E-state index is 11.6. The average molecular weight is 188 g/mol. The van der Waals surface area contributed by atoms with Crippen molar-refractivity contribution in [3.63, 3.8) is 0 Å². The molecule has 0 fully saturated rings. The molecule has 0 radical (unpaired) electrons. The highest BCUT2D eigenvalue weighted by Gasteiger charge is 2.35. The Labute approximate surface area is 82.9 Å². The highest BCUT2D eigenvalue weighted by Crippen LogP contribution is 2.38.